The van der Waals surface area contributed by atoms with E-state index in [1.807, 2.05) is 0 Å². The van der Waals surface area contributed by atoms with Crippen molar-refractivity contribution in [1.82, 2.24) is 0 Å². The van der Waals surface area contributed by atoms with Gasteiger partial charge in [0.15, 0.2) is 6.10 Å². The number of unbranched alkanes of at least 4 members (excludes halogenated alkanes) is 26. The molecule has 0 N–H and O–H groups in total. The lowest BCUT2D eigenvalue weighted by molar-refractivity contribution is -0.167. The van der Waals surface area contributed by atoms with Crippen molar-refractivity contribution >= 4 is 17.9 Å². The highest BCUT2D eigenvalue weighted by Crippen LogP contribution is 2.15. The van der Waals surface area contributed by atoms with Gasteiger partial charge in [-0.15, -0.1) is 0 Å². The van der Waals surface area contributed by atoms with Gasteiger partial charge in [0.2, 0.25) is 0 Å². The van der Waals surface area contributed by atoms with Gasteiger partial charge in [0, 0.05) is 19.3 Å². The fraction of sp³-hybridized carbons (Fsp3) is 0.746. The molecule has 0 aromatic rings. The van der Waals surface area contributed by atoms with Crippen molar-refractivity contribution in [3.05, 3.63) is 72.9 Å². The topological polar surface area (TPSA) is 78.9 Å². The second kappa shape index (κ2) is 53.5. The predicted molar refractivity (Wildman–Crippen MR) is 279 cm³/mol. The molecule has 0 aliphatic carbocycles. The molecule has 1 atom stereocenters. The van der Waals surface area contributed by atoms with Crippen LogP contribution in [0.2, 0.25) is 0 Å². The van der Waals surface area contributed by atoms with Crippen LogP contribution in [0.5, 0.6) is 0 Å². The lowest BCUT2D eigenvalue weighted by Gasteiger charge is -2.18. The maximum atomic E-state index is 12.8. The molecular formula is C59H102O6. The van der Waals surface area contributed by atoms with Crippen molar-refractivity contribution in [1.29, 1.82) is 0 Å². The minimum absolute atomic E-state index is 0.0806. The molecule has 0 fully saturated rings. The molecule has 0 rings (SSSR count). The van der Waals surface area contributed by atoms with Crippen molar-refractivity contribution in [3.8, 4) is 0 Å². The Kier molecular flexibility index (Phi) is 50.9. The Morgan fingerprint density at radius 1 is 0.323 bits per heavy atom. The van der Waals surface area contributed by atoms with E-state index >= 15 is 0 Å². The van der Waals surface area contributed by atoms with Gasteiger partial charge >= 0.3 is 17.9 Å². The quantitative estimate of drug-likeness (QED) is 0.0262. The summed E-state index contributed by atoms with van der Waals surface area (Å²) in [5.41, 5.74) is 0. The molecule has 0 radical (unpaired) electrons. The summed E-state index contributed by atoms with van der Waals surface area (Å²) >= 11 is 0. The highest BCUT2D eigenvalue weighted by atomic mass is 16.6. The highest BCUT2D eigenvalue weighted by Gasteiger charge is 2.19. The van der Waals surface area contributed by atoms with Gasteiger partial charge in [-0.3, -0.25) is 14.4 Å². The monoisotopic (exact) mass is 907 g/mol. The molecule has 1 unspecified atom stereocenters. The lowest BCUT2D eigenvalue weighted by atomic mass is 10.0. The summed E-state index contributed by atoms with van der Waals surface area (Å²) in [6.07, 6.45) is 67.5. The molecule has 0 heterocycles. The van der Waals surface area contributed by atoms with E-state index in [0.29, 0.717) is 19.3 Å². The molecule has 0 amide bonds. The first kappa shape index (κ1) is 61.9. The summed E-state index contributed by atoms with van der Waals surface area (Å²) in [5.74, 6) is -0.902. The molecule has 0 bridgehead atoms. The maximum absolute atomic E-state index is 12.8. The van der Waals surface area contributed by atoms with Crippen molar-refractivity contribution in [2.75, 3.05) is 13.2 Å². The van der Waals surface area contributed by atoms with Gasteiger partial charge in [-0.25, -0.2) is 0 Å². The predicted octanol–water partition coefficient (Wildman–Crippen LogP) is 18.2. The number of rotatable bonds is 49. The third kappa shape index (κ3) is 51.7. The van der Waals surface area contributed by atoms with Crippen LogP contribution in [0.15, 0.2) is 72.9 Å². The Labute approximate surface area is 402 Å². The molecule has 0 aromatic heterocycles. The molecule has 0 saturated carbocycles. The van der Waals surface area contributed by atoms with Crippen molar-refractivity contribution in [3.63, 3.8) is 0 Å². The van der Waals surface area contributed by atoms with Gasteiger partial charge in [-0.05, 0) is 70.6 Å². The first-order valence-electron chi connectivity index (χ1n) is 27.4. The SMILES string of the molecule is CC/C=C\C/C=C\C/C=C\C/C=C\C/C=C\C/C=C\CCCCCCC(=O)OCC(COC(=O)CCCCCCCCCCC)OC(=O)CCCCCCCCCCCCCCCCC. The van der Waals surface area contributed by atoms with Crippen LogP contribution in [0.3, 0.4) is 0 Å². The minimum Gasteiger partial charge on any atom is -0.462 e. The molecule has 65 heavy (non-hydrogen) atoms. The van der Waals surface area contributed by atoms with Crippen LogP contribution in [0.1, 0.15) is 265 Å². The first-order chi connectivity index (χ1) is 32.0. The largest absolute Gasteiger partial charge is 0.462 e. The zero-order chi connectivity index (χ0) is 47.2. The number of allylic oxidation sites excluding steroid dienone is 12. The average Bonchev–Trinajstić information content (AvgIpc) is 3.30. The van der Waals surface area contributed by atoms with Crippen LogP contribution in [-0.4, -0.2) is 37.2 Å². The van der Waals surface area contributed by atoms with E-state index < -0.39 is 6.10 Å². The number of esters is 3. The summed E-state index contributed by atoms with van der Waals surface area (Å²) in [6, 6.07) is 0. The van der Waals surface area contributed by atoms with E-state index in [1.165, 1.54) is 116 Å². The third-order valence-corrected chi connectivity index (χ3v) is 11.7. The van der Waals surface area contributed by atoms with Crippen molar-refractivity contribution < 1.29 is 28.6 Å². The normalized spacial score (nSPS) is 12.6. The van der Waals surface area contributed by atoms with Gasteiger partial charge in [0.05, 0.1) is 0 Å². The Bertz CT molecular complexity index is 1230. The number of hydrogen-bond donors (Lipinski definition) is 0. The summed E-state index contributed by atoms with van der Waals surface area (Å²) < 4.78 is 16.8. The van der Waals surface area contributed by atoms with E-state index in [0.717, 1.165) is 109 Å². The summed E-state index contributed by atoms with van der Waals surface area (Å²) in [4.78, 5) is 38.0. The summed E-state index contributed by atoms with van der Waals surface area (Å²) in [7, 11) is 0. The van der Waals surface area contributed by atoms with Crippen LogP contribution >= 0.6 is 0 Å². The molecule has 0 aliphatic rings. The fourth-order valence-electron chi connectivity index (χ4n) is 7.62. The van der Waals surface area contributed by atoms with Crippen LogP contribution in [0.25, 0.3) is 0 Å². The molecular weight excluding hydrogens is 805 g/mol. The van der Waals surface area contributed by atoms with Crippen LogP contribution in [0, 0.1) is 0 Å². The zero-order valence-corrected chi connectivity index (χ0v) is 42.7. The molecule has 0 saturated heterocycles. The van der Waals surface area contributed by atoms with E-state index in [1.54, 1.807) is 0 Å². The Balaban J connectivity index is 4.33. The Hall–Kier alpha value is -3.15. The highest BCUT2D eigenvalue weighted by molar-refractivity contribution is 5.71. The van der Waals surface area contributed by atoms with Gasteiger partial charge in [-0.1, -0.05) is 248 Å². The molecule has 374 valence electrons. The Morgan fingerprint density at radius 3 is 0.938 bits per heavy atom. The number of carbonyl (C=O) groups excluding carboxylic acids is 3. The lowest BCUT2D eigenvalue weighted by Crippen LogP contribution is -2.30. The second-order valence-corrected chi connectivity index (χ2v) is 18.1. The number of ether oxygens (including phenoxy) is 3. The first-order valence-corrected chi connectivity index (χ1v) is 27.4. The second-order valence-electron chi connectivity index (χ2n) is 18.1. The Morgan fingerprint density at radius 2 is 0.600 bits per heavy atom. The third-order valence-electron chi connectivity index (χ3n) is 11.7. The molecule has 6 heteroatoms. The summed E-state index contributed by atoms with van der Waals surface area (Å²) in [6.45, 7) is 6.50. The van der Waals surface area contributed by atoms with Gasteiger partial charge in [-0.2, -0.15) is 0 Å². The van der Waals surface area contributed by atoms with E-state index in [9.17, 15) is 14.4 Å². The smallest absolute Gasteiger partial charge is 0.306 e. The number of hydrogen-bond acceptors (Lipinski definition) is 6. The van der Waals surface area contributed by atoms with E-state index in [2.05, 4.69) is 93.7 Å². The van der Waals surface area contributed by atoms with Crippen LogP contribution in [-0.2, 0) is 28.6 Å². The van der Waals surface area contributed by atoms with E-state index in [4.69, 9.17) is 14.2 Å². The van der Waals surface area contributed by atoms with Crippen molar-refractivity contribution in [2.24, 2.45) is 0 Å². The van der Waals surface area contributed by atoms with Gasteiger partial charge in [0.1, 0.15) is 13.2 Å². The zero-order valence-electron chi connectivity index (χ0n) is 42.7. The minimum atomic E-state index is -0.781. The fourth-order valence-corrected chi connectivity index (χ4v) is 7.62. The average molecular weight is 907 g/mol. The molecule has 0 aromatic carbocycles. The van der Waals surface area contributed by atoms with Gasteiger partial charge in [0.25, 0.3) is 0 Å². The molecule has 0 aliphatic heterocycles. The van der Waals surface area contributed by atoms with E-state index in [-0.39, 0.29) is 31.1 Å². The van der Waals surface area contributed by atoms with Crippen LogP contribution in [0.4, 0.5) is 0 Å². The van der Waals surface area contributed by atoms with Gasteiger partial charge < -0.3 is 14.2 Å². The van der Waals surface area contributed by atoms with Crippen molar-refractivity contribution in [2.45, 2.75) is 271 Å². The van der Waals surface area contributed by atoms with Crippen LogP contribution < -0.4 is 0 Å². The number of carbonyl (C=O) groups is 3. The standard InChI is InChI=1S/C59H102O6/c1-4-7-10-13-16-19-21-23-25-26-27-28-29-30-31-32-34-35-37-40-43-46-49-52-58(61)64-55-56(54-63-57(60)51-48-45-42-39-18-15-12-9-6-3)65-59(62)53-50-47-44-41-38-36-33-24-22-20-17-14-11-8-5-2/h7,10,16,19,23,25,27-28,30-31,34-35,56H,4-6,8-9,11-15,17-18,20-22,24,26,29,32-33,36-55H2,1-3H3/b10-7-,19-16-,25-23-,28-27-,31-30-,35-34-. The summed E-state index contributed by atoms with van der Waals surface area (Å²) in [5, 5.41) is 0. The molecule has 6 nitrogen and oxygen atoms in total. The molecule has 0 spiro atoms. The maximum Gasteiger partial charge on any atom is 0.306 e.